The Hall–Kier alpha value is -1.26. The van der Waals surface area contributed by atoms with Crippen molar-refractivity contribution in [1.29, 1.82) is 0 Å². The van der Waals surface area contributed by atoms with Crippen molar-refractivity contribution in [2.75, 3.05) is 20.3 Å². The summed E-state index contributed by atoms with van der Waals surface area (Å²) in [4.78, 5) is 0. The van der Waals surface area contributed by atoms with E-state index >= 15 is 0 Å². The number of hydrogen-bond donors (Lipinski definition) is 2. The van der Waals surface area contributed by atoms with Crippen molar-refractivity contribution in [1.82, 2.24) is 0 Å². The van der Waals surface area contributed by atoms with Gasteiger partial charge in [0.15, 0.2) is 11.5 Å². The SMILES string of the molecule is COc1cc(C(C)O)ccc1OCCCCCO. The van der Waals surface area contributed by atoms with Crippen molar-refractivity contribution in [2.45, 2.75) is 32.3 Å². The van der Waals surface area contributed by atoms with Gasteiger partial charge in [0, 0.05) is 6.61 Å². The Morgan fingerprint density at radius 1 is 1.17 bits per heavy atom. The van der Waals surface area contributed by atoms with E-state index < -0.39 is 6.10 Å². The molecule has 0 saturated carbocycles. The molecular formula is C14H22O4. The molecule has 0 heterocycles. The minimum atomic E-state index is -0.516. The van der Waals surface area contributed by atoms with Gasteiger partial charge in [0.05, 0.1) is 19.8 Å². The molecule has 0 aliphatic rings. The number of unbranched alkanes of at least 4 members (excludes halogenated alkanes) is 2. The van der Waals surface area contributed by atoms with Crippen LogP contribution in [0.3, 0.4) is 0 Å². The Kier molecular flexibility index (Phi) is 6.54. The van der Waals surface area contributed by atoms with E-state index in [2.05, 4.69) is 0 Å². The lowest BCUT2D eigenvalue weighted by molar-refractivity contribution is 0.198. The van der Waals surface area contributed by atoms with Gasteiger partial charge in [0.25, 0.3) is 0 Å². The summed E-state index contributed by atoms with van der Waals surface area (Å²) in [6, 6.07) is 5.43. The monoisotopic (exact) mass is 254 g/mol. The third-order valence-electron chi connectivity index (χ3n) is 2.73. The topological polar surface area (TPSA) is 58.9 Å². The molecule has 4 nitrogen and oxygen atoms in total. The summed E-state index contributed by atoms with van der Waals surface area (Å²) in [5.74, 6) is 1.32. The third-order valence-corrected chi connectivity index (χ3v) is 2.73. The predicted molar refractivity (Wildman–Crippen MR) is 70.1 cm³/mol. The number of ether oxygens (including phenoxy) is 2. The van der Waals surface area contributed by atoms with E-state index in [4.69, 9.17) is 14.6 Å². The fraction of sp³-hybridized carbons (Fsp3) is 0.571. The van der Waals surface area contributed by atoms with Crippen molar-refractivity contribution in [3.05, 3.63) is 23.8 Å². The molecule has 0 aliphatic carbocycles. The zero-order chi connectivity index (χ0) is 13.4. The van der Waals surface area contributed by atoms with Crippen LogP contribution in [0, 0.1) is 0 Å². The minimum Gasteiger partial charge on any atom is -0.493 e. The zero-order valence-electron chi connectivity index (χ0n) is 11.1. The van der Waals surface area contributed by atoms with Gasteiger partial charge in [-0.05, 0) is 43.9 Å². The largest absolute Gasteiger partial charge is 0.493 e. The van der Waals surface area contributed by atoms with Crippen LogP contribution in [0.1, 0.15) is 37.9 Å². The highest BCUT2D eigenvalue weighted by molar-refractivity contribution is 5.43. The van der Waals surface area contributed by atoms with Crippen LogP contribution in [0.15, 0.2) is 18.2 Å². The molecular weight excluding hydrogens is 232 g/mol. The molecule has 1 aromatic carbocycles. The van der Waals surface area contributed by atoms with E-state index in [-0.39, 0.29) is 6.61 Å². The first-order valence-corrected chi connectivity index (χ1v) is 6.28. The van der Waals surface area contributed by atoms with Gasteiger partial charge >= 0.3 is 0 Å². The van der Waals surface area contributed by atoms with Crippen LogP contribution >= 0.6 is 0 Å². The van der Waals surface area contributed by atoms with Crippen LogP contribution in [-0.2, 0) is 0 Å². The van der Waals surface area contributed by atoms with Gasteiger partial charge < -0.3 is 19.7 Å². The van der Waals surface area contributed by atoms with Crippen LogP contribution in [0.5, 0.6) is 11.5 Å². The van der Waals surface area contributed by atoms with Crippen LogP contribution in [-0.4, -0.2) is 30.5 Å². The maximum Gasteiger partial charge on any atom is 0.161 e. The quantitative estimate of drug-likeness (QED) is 0.699. The zero-order valence-corrected chi connectivity index (χ0v) is 11.1. The average Bonchev–Trinajstić information content (AvgIpc) is 2.38. The van der Waals surface area contributed by atoms with E-state index in [1.54, 1.807) is 20.1 Å². The normalized spacial score (nSPS) is 12.2. The van der Waals surface area contributed by atoms with E-state index in [9.17, 15) is 5.11 Å². The summed E-state index contributed by atoms with van der Waals surface area (Å²) >= 11 is 0. The van der Waals surface area contributed by atoms with E-state index in [1.807, 2.05) is 12.1 Å². The maximum absolute atomic E-state index is 9.49. The second kappa shape index (κ2) is 7.95. The number of aliphatic hydroxyl groups excluding tert-OH is 2. The van der Waals surface area contributed by atoms with Gasteiger partial charge in [-0.2, -0.15) is 0 Å². The smallest absolute Gasteiger partial charge is 0.161 e. The standard InChI is InChI=1S/C14H22O4/c1-11(16)12-6-7-13(14(10-12)17-2)18-9-5-3-4-8-15/h6-7,10-11,15-16H,3-5,8-9H2,1-2H3. The van der Waals surface area contributed by atoms with E-state index in [0.717, 1.165) is 24.8 Å². The number of benzene rings is 1. The fourth-order valence-electron chi connectivity index (χ4n) is 1.64. The first-order valence-electron chi connectivity index (χ1n) is 6.28. The lowest BCUT2D eigenvalue weighted by Crippen LogP contribution is -2.01. The van der Waals surface area contributed by atoms with E-state index in [0.29, 0.717) is 18.1 Å². The lowest BCUT2D eigenvalue weighted by Gasteiger charge is -2.13. The minimum absolute atomic E-state index is 0.229. The maximum atomic E-state index is 9.49. The Labute approximate surface area is 108 Å². The predicted octanol–water partition coefficient (Wildman–Crippen LogP) is 2.29. The number of methoxy groups -OCH3 is 1. The molecule has 0 bridgehead atoms. The Morgan fingerprint density at radius 3 is 2.56 bits per heavy atom. The molecule has 0 spiro atoms. The molecule has 0 radical (unpaired) electrons. The molecule has 0 fully saturated rings. The number of hydrogen-bond acceptors (Lipinski definition) is 4. The van der Waals surface area contributed by atoms with Gasteiger partial charge in [-0.15, -0.1) is 0 Å². The van der Waals surface area contributed by atoms with Gasteiger partial charge in [0.2, 0.25) is 0 Å². The summed E-state index contributed by atoms with van der Waals surface area (Å²) in [5.41, 5.74) is 0.805. The fourth-order valence-corrected chi connectivity index (χ4v) is 1.64. The Balaban J connectivity index is 2.54. The molecule has 0 aromatic heterocycles. The first kappa shape index (κ1) is 14.8. The molecule has 0 aliphatic heterocycles. The van der Waals surface area contributed by atoms with Crippen molar-refractivity contribution in [2.24, 2.45) is 0 Å². The van der Waals surface area contributed by atoms with Crippen LogP contribution in [0.2, 0.25) is 0 Å². The molecule has 2 N–H and O–H groups in total. The molecule has 102 valence electrons. The molecule has 1 unspecified atom stereocenters. The number of aliphatic hydroxyl groups is 2. The molecule has 1 aromatic rings. The van der Waals surface area contributed by atoms with Gasteiger partial charge in [-0.3, -0.25) is 0 Å². The van der Waals surface area contributed by atoms with Crippen LogP contribution in [0.25, 0.3) is 0 Å². The van der Waals surface area contributed by atoms with Gasteiger partial charge in [0.1, 0.15) is 0 Å². The Bertz CT molecular complexity index is 350. The summed E-state index contributed by atoms with van der Waals surface area (Å²) in [7, 11) is 1.58. The lowest BCUT2D eigenvalue weighted by atomic mass is 10.1. The highest BCUT2D eigenvalue weighted by Crippen LogP contribution is 2.30. The van der Waals surface area contributed by atoms with Crippen molar-refractivity contribution < 1.29 is 19.7 Å². The van der Waals surface area contributed by atoms with Crippen molar-refractivity contribution in [3.63, 3.8) is 0 Å². The second-order valence-electron chi connectivity index (χ2n) is 4.22. The average molecular weight is 254 g/mol. The summed E-state index contributed by atoms with van der Waals surface area (Å²) in [5, 5.41) is 18.2. The Morgan fingerprint density at radius 2 is 1.94 bits per heavy atom. The highest BCUT2D eigenvalue weighted by atomic mass is 16.5. The molecule has 1 atom stereocenters. The highest BCUT2D eigenvalue weighted by Gasteiger charge is 2.08. The summed E-state index contributed by atoms with van der Waals surface area (Å²) in [6.45, 7) is 2.54. The second-order valence-corrected chi connectivity index (χ2v) is 4.22. The van der Waals surface area contributed by atoms with Gasteiger partial charge in [-0.25, -0.2) is 0 Å². The summed E-state index contributed by atoms with van der Waals surface area (Å²) < 4.78 is 10.9. The molecule has 1 rings (SSSR count). The first-order chi connectivity index (χ1) is 8.69. The molecule has 4 heteroatoms. The van der Waals surface area contributed by atoms with Crippen LogP contribution < -0.4 is 9.47 Å². The van der Waals surface area contributed by atoms with Crippen LogP contribution in [0.4, 0.5) is 0 Å². The van der Waals surface area contributed by atoms with Gasteiger partial charge in [-0.1, -0.05) is 6.07 Å². The van der Waals surface area contributed by atoms with Crippen molar-refractivity contribution in [3.8, 4) is 11.5 Å². The third kappa shape index (κ3) is 4.55. The molecule has 18 heavy (non-hydrogen) atoms. The van der Waals surface area contributed by atoms with Crippen molar-refractivity contribution >= 4 is 0 Å². The number of rotatable bonds is 8. The molecule has 0 saturated heterocycles. The molecule has 0 amide bonds. The summed E-state index contributed by atoms with van der Waals surface area (Å²) in [6.07, 6.45) is 2.14. The van der Waals surface area contributed by atoms with E-state index in [1.165, 1.54) is 0 Å².